The average molecular weight is 437 g/mol. The van der Waals surface area contributed by atoms with Gasteiger partial charge in [0.25, 0.3) is 0 Å². The Morgan fingerprint density at radius 3 is 2.66 bits per heavy atom. The van der Waals surface area contributed by atoms with E-state index in [0.29, 0.717) is 10.6 Å². The Kier molecular flexibility index (Phi) is 5.88. The molecule has 7 nitrogen and oxygen atoms in total. The number of anilines is 1. The summed E-state index contributed by atoms with van der Waals surface area (Å²) in [6.45, 7) is 9.33. The van der Waals surface area contributed by atoms with Crippen LogP contribution in [0.15, 0.2) is 20.7 Å². The predicted molar refractivity (Wildman–Crippen MR) is 117 cm³/mol. The molecule has 0 aliphatic heterocycles. The highest BCUT2D eigenvalue weighted by molar-refractivity contribution is 7.93. The number of urea groups is 1. The van der Waals surface area contributed by atoms with E-state index in [2.05, 4.69) is 23.5 Å². The highest BCUT2D eigenvalue weighted by Gasteiger charge is 2.25. The minimum absolute atomic E-state index is 0.221. The molecule has 29 heavy (non-hydrogen) atoms. The maximum atomic E-state index is 12.9. The van der Waals surface area contributed by atoms with Gasteiger partial charge in [-0.3, -0.25) is 4.98 Å². The molecule has 0 bridgehead atoms. The van der Waals surface area contributed by atoms with Crippen molar-refractivity contribution >= 4 is 33.0 Å². The van der Waals surface area contributed by atoms with Gasteiger partial charge in [0.2, 0.25) is 0 Å². The minimum atomic E-state index is -3.42. The van der Waals surface area contributed by atoms with Gasteiger partial charge < -0.3 is 10.4 Å². The van der Waals surface area contributed by atoms with Crippen molar-refractivity contribution in [1.82, 2.24) is 4.98 Å². The van der Waals surface area contributed by atoms with Crippen LogP contribution in [0.1, 0.15) is 67.4 Å². The molecule has 2 aromatic rings. The molecule has 1 aliphatic rings. The second-order valence-corrected chi connectivity index (χ2v) is 11.3. The monoisotopic (exact) mass is 436 g/mol. The number of carbonyl (C=O) groups excluding carboxylic acids is 1. The largest absolute Gasteiger partial charge is 0.385 e. The number of thiophene rings is 1. The van der Waals surface area contributed by atoms with Crippen molar-refractivity contribution in [2.24, 2.45) is 9.50 Å². The number of aliphatic hydroxyl groups is 1. The number of hydrogen-bond acceptors (Lipinski definition) is 5. The second-order valence-electron chi connectivity index (χ2n) is 8.20. The number of carbonyl (C=O) groups is 1. The molecule has 0 aromatic carbocycles. The lowest BCUT2D eigenvalue weighted by Crippen LogP contribution is -2.18. The van der Waals surface area contributed by atoms with Gasteiger partial charge in [-0.05, 0) is 69.2 Å². The van der Waals surface area contributed by atoms with Crippen molar-refractivity contribution in [3.63, 3.8) is 0 Å². The zero-order valence-corrected chi connectivity index (χ0v) is 19.0. The summed E-state index contributed by atoms with van der Waals surface area (Å²) in [6.07, 6.45) is 2.72. The Morgan fingerprint density at radius 1 is 1.38 bits per heavy atom. The van der Waals surface area contributed by atoms with Gasteiger partial charge in [-0.2, -0.15) is 0 Å². The molecule has 1 unspecified atom stereocenters. The lowest BCUT2D eigenvalue weighted by atomic mass is 9.99. The van der Waals surface area contributed by atoms with Gasteiger partial charge in [-0.1, -0.05) is 13.8 Å². The Bertz CT molecular complexity index is 1070. The maximum Gasteiger partial charge on any atom is 0.354 e. The Hall–Kier alpha value is -1.81. The van der Waals surface area contributed by atoms with Gasteiger partial charge in [0.05, 0.1) is 11.3 Å². The van der Waals surface area contributed by atoms with Crippen molar-refractivity contribution in [3.05, 3.63) is 39.5 Å². The number of nitrogens with one attached hydrogen (secondary N) is 1. The normalized spacial score (nSPS) is 15.9. The van der Waals surface area contributed by atoms with E-state index < -0.39 is 21.5 Å². The third-order valence-electron chi connectivity index (χ3n) is 4.98. The number of aromatic nitrogens is 1. The van der Waals surface area contributed by atoms with Crippen LogP contribution in [0.5, 0.6) is 0 Å². The summed E-state index contributed by atoms with van der Waals surface area (Å²) < 4.78 is 16.9. The molecule has 2 heterocycles. The van der Waals surface area contributed by atoms with E-state index in [4.69, 9.17) is 10.1 Å². The average Bonchev–Trinajstić information content (AvgIpc) is 3.25. The molecule has 2 aromatic heterocycles. The van der Waals surface area contributed by atoms with E-state index in [9.17, 15) is 14.1 Å². The fourth-order valence-electron chi connectivity index (χ4n) is 3.54. The topological polar surface area (TPSA) is 118 Å². The molecule has 0 fully saturated rings. The van der Waals surface area contributed by atoms with E-state index in [-0.39, 0.29) is 10.1 Å². The number of amides is 2. The fraction of sp³-hybridized carbons (Fsp3) is 0.500. The summed E-state index contributed by atoms with van der Waals surface area (Å²) in [5.74, 6) is 0.221. The summed E-state index contributed by atoms with van der Waals surface area (Å²) >= 11 is 1.09. The predicted octanol–water partition coefficient (Wildman–Crippen LogP) is 4.22. The Morgan fingerprint density at radius 2 is 2.07 bits per heavy atom. The number of pyridine rings is 1. The summed E-state index contributed by atoms with van der Waals surface area (Å²) in [5, 5.41) is 18.8. The van der Waals surface area contributed by atoms with Crippen molar-refractivity contribution in [3.8, 4) is 0 Å². The van der Waals surface area contributed by atoms with Crippen LogP contribution in [-0.4, -0.2) is 20.3 Å². The van der Waals surface area contributed by atoms with Crippen LogP contribution >= 0.6 is 11.3 Å². The zero-order valence-electron chi connectivity index (χ0n) is 17.4. The molecule has 0 saturated carbocycles. The van der Waals surface area contributed by atoms with Gasteiger partial charge in [0.15, 0.2) is 9.92 Å². The number of nitrogens with two attached hydrogens (primary N) is 1. The quantitative estimate of drug-likeness (QED) is 0.665. The SMILES string of the molecule is Cc1c(C(C)C)nc2c(c1NC(=O)N=S(N)(=O)c1ccc(C(C)(C)O)s1)CCC2. The molecular weight excluding hydrogens is 408 g/mol. The van der Waals surface area contributed by atoms with E-state index in [0.717, 1.165) is 53.1 Å². The third-order valence-corrected chi connectivity index (χ3v) is 8.28. The zero-order chi connectivity index (χ0) is 21.6. The molecule has 3 rings (SSSR count). The molecule has 0 spiro atoms. The van der Waals surface area contributed by atoms with Crippen LogP contribution in [-0.2, 0) is 28.4 Å². The maximum absolute atomic E-state index is 12.9. The van der Waals surface area contributed by atoms with Crippen LogP contribution in [0.25, 0.3) is 0 Å². The van der Waals surface area contributed by atoms with Crippen molar-refractivity contribution in [2.45, 2.75) is 69.6 Å². The van der Waals surface area contributed by atoms with Crippen LogP contribution in [0, 0.1) is 6.92 Å². The van der Waals surface area contributed by atoms with Crippen LogP contribution in [0.3, 0.4) is 0 Å². The molecule has 9 heteroatoms. The number of aryl methyl sites for hydroxylation is 1. The first-order chi connectivity index (χ1) is 13.4. The lowest BCUT2D eigenvalue weighted by molar-refractivity contribution is 0.0825. The van der Waals surface area contributed by atoms with Gasteiger partial charge in [-0.15, -0.1) is 15.7 Å². The third kappa shape index (κ3) is 4.53. The Balaban J connectivity index is 1.95. The highest BCUT2D eigenvalue weighted by atomic mass is 32.2. The molecule has 1 atom stereocenters. The fourth-order valence-corrected chi connectivity index (χ4v) is 5.78. The number of nitrogens with zero attached hydrogens (tertiary/aromatic N) is 2. The van der Waals surface area contributed by atoms with Crippen molar-refractivity contribution < 1.29 is 14.1 Å². The van der Waals surface area contributed by atoms with Gasteiger partial charge in [0.1, 0.15) is 4.21 Å². The summed E-state index contributed by atoms with van der Waals surface area (Å²) in [7, 11) is -3.42. The highest BCUT2D eigenvalue weighted by Crippen LogP contribution is 2.35. The molecule has 0 radical (unpaired) electrons. The van der Waals surface area contributed by atoms with Crippen LogP contribution < -0.4 is 10.5 Å². The first-order valence-corrected chi connectivity index (χ1v) is 12.0. The molecule has 158 valence electrons. The molecule has 0 saturated heterocycles. The van der Waals surface area contributed by atoms with Gasteiger partial charge in [-0.25, -0.2) is 14.1 Å². The molecular formula is C20H28N4O3S2. The minimum Gasteiger partial charge on any atom is -0.385 e. The van der Waals surface area contributed by atoms with E-state index in [1.807, 2.05) is 6.92 Å². The van der Waals surface area contributed by atoms with Crippen LogP contribution in [0.4, 0.5) is 10.5 Å². The standard InChI is InChI=1S/C20H28N4O3S2/c1-11(2)17-12(3)18(13-7-6-8-14(13)22-17)23-19(25)24-29(21,27)16-10-9-15(28-16)20(4,5)26/h9-11,26H,6-8H2,1-5H3,(H3,21,22,23,24,25,27). The smallest absolute Gasteiger partial charge is 0.354 e. The summed E-state index contributed by atoms with van der Waals surface area (Å²) in [4.78, 5) is 18.0. The van der Waals surface area contributed by atoms with Gasteiger partial charge >= 0.3 is 6.03 Å². The molecule has 1 aliphatic carbocycles. The van der Waals surface area contributed by atoms with Crippen molar-refractivity contribution in [1.29, 1.82) is 0 Å². The van der Waals surface area contributed by atoms with Crippen LogP contribution in [0.2, 0.25) is 0 Å². The number of hydrogen-bond donors (Lipinski definition) is 3. The van der Waals surface area contributed by atoms with E-state index >= 15 is 0 Å². The molecule has 4 N–H and O–H groups in total. The van der Waals surface area contributed by atoms with Gasteiger partial charge in [0, 0.05) is 16.3 Å². The Labute approximate surface area is 176 Å². The second kappa shape index (κ2) is 7.79. The summed E-state index contributed by atoms with van der Waals surface area (Å²) in [5.41, 5.74) is 3.53. The lowest BCUT2D eigenvalue weighted by Gasteiger charge is -2.18. The van der Waals surface area contributed by atoms with E-state index in [1.165, 1.54) is 0 Å². The van der Waals surface area contributed by atoms with Crippen molar-refractivity contribution in [2.75, 3.05) is 5.32 Å². The number of rotatable bonds is 4. The number of fused-ring (bicyclic) bond motifs is 1. The first kappa shape index (κ1) is 21.9. The summed E-state index contributed by atoms with van der Waals surface area (Å²) in [6, 6.07) is 2.45. The van der Waals surface area contributed by atoms with E-state index in [1.54, 1.807) is 26.0 Å². The molecule has 2 amide bonds. The first-order valence-electron chi connectivity index (χ1n) is 9.61.